The summed E-state index contributed by atoms with van der Waals surface area (Å²) in [5, 5.41) is 11.5. The van der Waals surface area contributed by atoms with Gasteiger partial charge in [-0.3, -0.25) is 9.69 Å². The van der Waals surface area contributed by atoms with Crippen LogP contribution in [0.3, 0.4) is 0 Å². The molecular weight excluding hydrogens is 232 g/mol. The first-order chi connectivity index (χ1) is 8.60. The number of aliphatic hydroxyl groups is 1. The van der Waals surface area contributed by atoms with Crippen LogP contribution in [0.5, 0.6) is 0 Å². The van der Waals surface area contributed by atoms with Gasteiger partial charge in [-0.2, -0.15) is 0 Å². The van der Waals surface area contributed by atoms with Gasteiger partial charge in [0.25, 0.3) is 5.91 Å². The zero-order valence-corrected chi connectivity index (χ0v) is 11.3. The highest BCUT2D eigenvalue weighted by Gasteiger charge is 2.14. The number of hydrogen-bond donors (Lipinski definition) is 2. The minimum atomic E-state index is -0.289. The van der Waals surface area contributed by atoms with Crippen molar-refractivity contribution in [3.05, 3.63) is 23.7 Å². The van der Waals surface area contributed by atoms with Gasteiger partial charge in [-0.1, -0.05) is 13.8 Å². The maximum Gasteiger partial charge on any atom is 0.287 e. The van der Waals surface area contributed by atoms with E-state index in [0.717, 1.165) is 18.8 Å². The molecule has 0 saturated carbocycles. The molecule has 0 radical (unpaired) electrons. The predicted octanol–water partition coefficient (Wildman–Crippen LogP) is 1.23. The molecule has 1 heterocycles. The van der Waals surface area contributed by atoms with Crippen molar-refractivity contribution in [3.63, 3.8) is 0 Å². The van der Waals surface area contributed by atoms with Crippen molar-refractivity contribution >= 4 is 5.91 Å². The molecule has 0 unspecified atom stereocenters. The van der Waals surface area contributed by atoms with Crippen LogP contribution < -0.4 is 5.32 Å². The molecule has 1 atom stereocenters. The molecule has 1 aromatic rings. The van der Waals surface area contributed by atoms with Crippen LogP contribution in [-0.4, -0.2) is 41.7 Å². The van der Waals surface area contributed by atoms with Crippen LogP contribution in [-0.2, 0) is 6.54 Å². The van der Waals surface area contributed by atoms with E-state index in [2.05, 4.69) is 24.1 Å². The number of hydrogen-bond acceptors (Lipinski definition) is 4. The van der Waals surface area contributed by atoms with Crippen LogP contribution in [0, 0.1) is 0 Å². The largest absolute Gasteiger partial charge is 0.455 e. The van der Waals surface area contributed by atoms with Crippen molar-refractivity contribution in [2.45, 2.75) is 33.4 Å². The number of aliphatic hydroxyl groups excluding tert-OH is 1. The molecule has 0 aliphatic carbocycles. The van der Waals surface area contributed by atoms with Crippen molar-refractivity contribution in [1.29, 1.82) is 0 Å². The Bertz CT molecular complexity index is 372. The average Bonchev–Trinajstić information content (AvgIpc) is 2.84. The van der Waals surface area contributed by atoms with E-state index in [9.17, 15) is 4.79 Å². The predicted molar refractivity (Wildman–Crippen MR) is 69.3 cm³/mol. The number of nitrogens with zero attached hydrogens (tertiary/aromatic N) is 1. The Labute approximate surface area is 108 Å². The zero-order chi connectivity index (χ0) is 13.5. The van der Waals surface area contributed by atoms with Gasteiger partial charge in [-0.15, -0.1) is 0 Å². The second-order valence-corrected chi connectivity index (χ2v) is 4.28. The van der Waals surface area contributed by atoms with E-state index in [0.29, 0.717) is 6.54 Å². The van der Waals surface area contributed by atoms with Crippen LogP contribution >= 0.6 is 0 Å². The van der Waals surface area contributed by atoms with E-state index in [1.165, 1.54) is 0 Å². The topological polar surface area (TPSA) is 65.7 Å². The summed E-state index contributed by atoms with van der Waals surface area (Å²) in [7, 11) is 0. The van der Waals surface area contributed by atoms with Crippen molar-refractivity contribution in [1.82, 2.24) is 10.2 Å². The second kappa shape index (κ2) is 7.18. The second-order valence-electron chi connectivity index (χ2n) is 4.28. The van der Waals surface area contributed by atoms with Gasteiger partial charge in [0.1, 0.15) is 5.76 Å². The molecule has 2 N–H and O–H groups in total. The Morgan fingerprint density at radius 3 is 2.67 bits per heavy atom. The maximum atomic E-state index is 11.7. The Balaban J connectivity index is 2.59. The Morgan fingerprint density at radius 2 is 2.11 bits per heavy atom. The van der Waals surface area contributed by atoms with Gasteiger partial charge in [-0.25, -0.2) is 0 Å². The number of nitrogens with one attached hydrogen (secondary N) is 1. The number of carbonyl (C=O) groups excluding carboxylic acids is 1. The van der Waals surface area contributed by atoms with E-state index in [1.807, 2.05) is 6.07 Å². The number of furan rings is 1. The average molecular weight is 254 g/mol. The molecule has 0 saturated heterocycles. The number of rotatable bonds is 7. The van der Waals surface area contributed by atoms with Gasteiger partial charge < -0.3 is 14.8 Å². The molecule has 18 heavy (non-hydrogen) atoms. The summed E-state index contributed by atoms with van der Waals surface area (Å²) in [6.45, 7) is 8.42. The minimum Gasteiger partial charge on any atom is -0.455 e. The molecule has 0 spiro atoms. The smallest absolute Gasteiger partial charge is 0.287 e. The standard InChI is InChI=1S/C13H22N2O3/c1-4-15(5-2)8-11-6-7-12(18-11)13(17)14-10(3)9-16/h6-7,10,16H,4-5,8-9H2,1-3H3,(H,14,17)/t10-/m1/s1. The monoisotopic (exact) mass is 254 g/mol. The van der Waals surface area contributed by atoms with E-state index < -0.39 is 0 Å². The van der Waals surface area contributed by atoms with Gasteiger partial charge in [0.05, 0.1) is 13.2 Å². The first-order valence-electron chi connectivity index (χ1n) is 6.33. The highest BCUT2D eigenvalue weighted by Crippen LogP contribution is 2.10. The molecule has 0 bridgehead atoms. The molecule has 102 valence electrons. The van der Waals surface area contributed by atoms with Crippen LogP contribution in [0.1, 0.15) is 37.1 Å². The van der Waals surface area contributed by atoms with Crippen LogP contribution in [0.4, 0.5) is 0 Å². The third kappa shape index (κ3) is 4.16. The highest BCUT2D eigenvalue weighted by atomic mass is 16.4. The van der Waals surface area contributed by atoms with Crippen molar-refractivity contribution in [2.24, 2.45) is 0 Å². The normalized spacial score (nSPS) is 12.7. The molecule has 1 rings (SSSR count). The quantitative estimate of drug-likeness (QED) is 0.768. The summed E-state index contributed by atoms with van der Waals surface area (Å²) < 4.78 is 5.49. The molecule has 5 heteroatoms. The van der Waals surface area contributed by atoms with Crippen LogP contribution in [0.15, 0.2) is 16.5 Å². The summed E-state index contributed by atoms with van der Waals surface area (Å²) in [6, 6.07) is 3.21. The summed E-state index contributed by atoms with van der Waals surface area (Å²) in [5.74, 6) is 0.778. The zero-order valence-electron chi connectivity index (χ0n) is 11.3. The molecule has 0 aliphatic rings. The van der Waals surface area contributed by atoms with E-state index >= 15 is 0 Å². The third-order valence-corrected chi connectivity index (χ3v) is 2.81. The lowest BCUT2D eigenvalue weighted by Gasteiger charge is -2.15. The van der Waals surface area contributed by atoms with E-state index in [-0.39, 0.29) is 24.3 Å². The van der Waals surface area contributed by atoms with Gasteiger partial charge >= 0.3 is 0 Å². The number of carbonyl (C=O) groups is 1. The first-order valence-corrected chi connectivity index (χ1v) is 6.33. The lowest BCUT2D eigenvalue weighted by atomic mass is 10.3. The van der Waals surface area contributed by atoms with Crippen LogP contribution in [0.2, 0.25) is 0 Å². The molecule has 5 nitrogen and oxygen atoms in total. The summed E-state index contributed by atoms with van der Waals surface area (Å²) in [4.78, 5) is 13.9. The lowest BCUT2D eigenvalue weighted by molar-refractivity contribution is 0.0890. The molecule has 0 fully saturated rings. The fourth-order valence-corrected chi connectivity index (χ4v) is 1.59. The maximum absolute atomic E-state index is 11.7. The summed E-state index contributed by atoms with van der Waals surface area (Å²) in [5.41, 5.74) is 0. The lowest BCUT2D eigenvalue weighted by Crippen LogP contribution is -2.34. The fraction of sp³-hybridized carbons (Fsp3) is 0.615. The summed E-state index contributed by atoms with van der Waals surface area (Å²) in [6.07, 6.45) is 0. The fourth-order valence-electron chi connectivity index (χ4n) is 1.59. The molecular formula is C13H22N2O3. The molecule has 0 aliphatic heterocycles. The third-order valence-electron chi connectivity index (χ3n) is 2.81. The highest BCUT2D eigenvalue weighted by molar-refractivity contribution is 5.91. The first kappa shape index (κ1) is 14.7. The van der Waals surface area contributed by atoms with Gasteiger partial charge in [0, 0.05) is 6.04 Å². The van der Waals surface area contributed by atoms with Crippen molar-refractivity contribution in [3.8, 4) is 0 Å². The van der Waals surface area contributed by atoms with Crippen molar-refractivity contribution in [2.75, 3.05) is 19.7 Å². The van der Waals surface area contributed by atoms with Gasteiger partial charge in [0.15, 0.2) is 5.76 Å². The van der Waals surface area contributed by atoms with Gasteiger partial charge in [-0.05, 0) is 32.1 Å². The molecule has 0 aromatic carbocycles. The SMILES string of the molecule is CCN(CC)Cc1ccc(C(=O)N[C@H](C)CO)o1. The molecule has 1 amide bonds. The number of amides is 1. The Morgan fingerprint density at radius 1 is 1.44 bits per heavy atom. The summed E-state index contributed by atoms with van der Waals surface area (Å²) >= 11 is 0. The van der Waals surface area contributed by atoms with Crippen LogP contribution in [0.25, 0.3) is 0 Å². The minimum absolute atomic E-state index is 0.0846. The Hall–Kier alpha value is -1.33. The Kier molecular flexibility index (Phi) is 5.88. The van der Waals surface area contributed by atoms with Crippen molar-refractivity contribution < 1.29 is 14.3 Å². The van der Waals surface area contributed by atoms with Gasteiger partial charge in [0.2, 0.25) is 0 Å². The van der Waals surface area contributed by atoms with E-state index in [1.54, 1.807) is 13.0 Å². The molecule has 1 aromatic heterocycles. The van der Waals surface area contributed by atoms with E-state index in [4.69, 9.17) is 9.52 Å².